The van der Waals surface area contributed by atoms with E-state index in [4.69, 9.17) is 9.47 Å². The van der Waals surface area contributed by atoms with Gasteiger partial charge in [0, 0.05) is 56.7 Å². The Balaban J connectivity index is 1.59. The van der Waals surface area contributed by atoms with Crippen LogP contribution < -0.4 is 10.6 Å². The lowest BCUT2D eigenvalue weighted by atomic mass is 9.57. The molecule has 27 heavy (non-hydrogen) atoms. The molecule has 3 fully saturated rings. The lowest BCUT2D eigenvalue weighted by Crippen LogP contribution is -2.68. The monoisotopic (exact) mass is 380 g/mol. The molecule has 6 nitrogen and oxygen atoms in total. The van der Waals surface area contributed by atoms with Crippen LogP contribution in [0.15, 0.2) is 4.99 Å². The molecule has 156 valence electrons. The van der Waals surface area contributed by atoms with E-state index in [0.29, 0.717) is 30.0 Å². The smallest absolute Gasteiger partial charge is 0.191 e. The molecule has 0 radical (unpaired) electrons. The molecule has 2 N–H and O–H groups in total. The number of morpholine rings is 1. The van der Waals surface area contributed by atoms with Gasteiger partial charge in [-0.05, 0) is 12.3 Å². The second kappa shape index (κ2) is 9.10. The van der Waals surface area contributed by atoms with E-state index in [2.05, 4.69) is 48.2 Å². The van der Waals surface area contributed by atoms with Crippen LogP contribution >= 0.6 is 0 Å². The van der Waals surface area contributed by atoms with Crippen molar-refractivity contribution >= 4 is 5.96 Å². The molecule has 0 aromatic heterocycles. The predicted molar refractivity (Wildman–Crippen MR) is 110 cm³/mol. The highest BCUT2D eigenvalue weighted by molar-refractivity contribution is 5.80. The summed E-state index contributed by atoms with van der Waals surface area (Å²) in [4.78, 5) is 7.13. The van der Waals surface area contributed by atoms with Crippen molar-refractivity contribution in [3.8, 4) is 0 Å². The highest BCUT2D eigenvalue weighted by atomic mass is 16.5. The molecule has 4 atom stereocenters. The van der Waals surface area contributed by atoms with Crippen LogP contribution in [0.4, 0.5) is 0 Å². The largest absolute Gasteiger partial charge is 0.379 e. The van der Waals surface area contributed by atoms with Crippen molar-refractivity contribution in [1.82, 2.24) is 15.5 Å². The van der Waals surface area contributed by atoms with Gasteiger partial charge in [-0.2, -0.15) is 0 Å². The predicted octanol–water partition coefficient (Wildman–Crippen LogP) is 2.10. The number of hydrogen-bond donors (Lipinski definition) is 2. The lowest BCUT2D eigenvalue weighted by Gasteiger charge is -2.55. The molecular weight excluding hydrogens is 340 g/mol. The number of fused-ring (bicyclic) bond motifs is 1. The summed E-state index contributed by atoms with van der Waals surface area (Å²) in [5.74, 6) is 2.25. The van der Waals surface area contributed by atoms with Gasteiger partial charge in [0.2, 0.25) is 0 Å². The number of ether oxygens (including phenoxy) is 2. The molecule has 0 bridgehead atoms. The minimum Gasteiger partial charge on any atom is -0.379 e. The Morgan fingerprint density at radius 1 is 1.19 bits per heavy atom. The number of rotatable bonds is 7. The topological polar surface area (TPSA) is 58.1 Å². The highest BCUT2D eigenvalue weighted by Gasteiger charge is 2.59. The molecule has 0 aromatic carbocycles. The number of hydrogen-bond acceptors (Lipinski definition) is 4. The van der Waals surface area contributed by atoms with Gasteiger partial charge in [-0.15, -0.1) is 0 Å². The van der Waals surface area contributed by atoms with Gasteiger partial charge in [-0.25, -0.2) is 0 Å². The maximum Gasteiger partial charge on any atom is 0.191 e. The van der Waals surface area contributed by atoms with E-state index in [1.54, 1.807) is 0 Å². The van der Waals surface area contributed by atoms with E-state index in [9.17, 15) is 0 Å². The van der Waals surface area contributed by atoms with E-state index >= 15 is 0 Å². The van der Waals surface area contributed by atoms with E-state index in [1.807, 2.05) is 7.05 Å². The number of nitrogens with zero attached hydrogens (tertiary/aromatic N) is 2. The molecule has 2 aliphatic heterocycles. The summed E-state index contributed by atoms with van der Waals surface area (Å²) in [6.07, 6.45) is 3.98. The molecule has 3 aliphatic rings. The Bertz CT molecular complexity index is 500. The standard InChI is InChI=1S/C21H40N4O2/c1-6-15(7-2)17(25-9-12-26-13-10-25)14-23-20(22-5)24-18-16-8-11-27-19(16)21(18,3)4/h15-19H,6-14H2,1-5H3,(H2,22,23,24). The molecule has 6 heteroatoms. The van der Waals surface area contributed by atoms with Crippen LogP contribution in [0.3, 0.4) is 0 Å². The van der Waals surface area contributed by atoms with Crippen LogP contribution in [0.1, 0.15) is 47.0 Å². The van der Waals surface area contributed by atoms with Gasteiger partial charge in [-0.1, -0.05) is 40.5 Å². The average Bonchev–Trinajstić information content (AvgIpc) is 3.15. The molecular formula is C21H40N4O2. The van der Waals surface area contributed by atoms with Gasteiger partial charge in [-0.3, -0.25) is 9.89 Å². The zero-order chi connectivity index (χ0) is 19.4. The number of nitrogens with one attached hydrogen (secondary N) is 2. The molecule has 4 unspecified atom stereocenters. The summed E-state index contributed by atoms with van der Waals surface area (Å²) in [5, 5.41) is 7.36. The summed E-state index contributed by atoms with van der Waals surface area (Å²) < 4.78 is 11.5. The molecule has 2 saturated heterocycles. The van der Waals surface area contributed by atoms with Crippen LogP contribution in [0.5, 0.6) is 0 Å². The van der Waals surface area contributed by atoms with Crippen molar-refractivity contribution < 1.29 is 9.47 Å². The van der Waals surface area contributed by atoms with Crippen LogP contribution in [0.2, 0.25) is 0 Å². The van der Waals surface area contributed by atoms with Gasteiger partial charge in [0.15, 0.2) is 5.96 Å². The summed E-state index contributed by atoms with van der Waals surface area (Å²) in [7, 11) is 1.88. The Kier molecular flexibility index (Phi) is 7.03. The van der Waals surface area contributed by atoms with Gasteiger partial charge < -0.3 is 20.1 Å². The molecule has 0 spiro atoms. The van der Waals surface area contributed by atoms with Crippen molar-refractivity contribution in [2.24, 2.45) is 22.2 Å². The second-order valence-corrected chi connectivity index (χ2v) is 8.93. The first kappa shape index (κ1) is 20.9. The quantitative estimate of drug-likeness (QED) is 0.523. The van der Waals surface area contributed by atoms with Gasteiger partial charge in [0.1, 0.15) is 0 Å². The summed E-state index contributed by atoms with van der Waals surface area (Å²) in [5.41, 5.74) is 0.164. The zero-order valence-corrected chi connectivity index (χ0v) is 18.0. The van der Waals surface area contributed by atoms with Gasteiger partial charge >= 0.3 is 0 Å². The van der Waals surface area contributed by atoms with Crippen molar-refractivity contribution in [2.75, 3.05) is 46.5 Å². The van der Waals surface area contributed by atoms with Crippen LogP contribution in [0.25, 0.3) is 0 Å². The summed E-state index contributed by atoms with van der Waals surface area (Å²) in [6, 6.07) is 0.964. The van der Waals surface area contributed by atoms with E-state index in [0.717, 1.165) is 51.8 Å². The molecule has 2 heterocycles. The first-order valence-corrected chi connectivity index (χ1v) is 10.9. The van der Waals surface area contributed by atoms with Crippen molar-refractivity contribution in [3.63, 3.8) is 0 Å². The summed E-state index contributed by atoms with van der Waals surface area (Å²) in [6.45, 7) is 14.8. The van der Waals surface area contributed by atoms with Crippen molar-refractivity contribution in [3.05, 3.63) is 0 Å². The third-order valence-corrected chi connectivity index (χ3v) is 7.20. The average molecular weight is 381 g/mol. The third kappa shape index (κ3) is 4.28. The van der Waals surface area contributed by atoms with Gasteiger partial charge in [0.25, 0.3) is 0 Å². The van der Waals surface area contributed by atoms with Crippen LogP contribution in [-0.4, -0.2) is 75.5 Å². The molecule has 1 saturated carbocycles. The fourth-order valence-corrected chi connectivity index (χ4v) is 5.50. The Labute approximate surface area is 165 Å². The number of guanidine groups is 1. The van der Waals surface area contributed by atoms with E-state index in [1.165, 1.54) is 12.8 Å². The third-order valence-electron chi connectivity index (χ3n) is 7.20. The second-order valence-electron chi connectivity index (χ2n) is 8.93. The Hall–Kier alpha value is -0.850. The summed E-state index contributed by atoms with van der Waals surface area (Å²) >= 11 is 0. The molecule has 3 rings (SSSR count). The zero-order valence-electron chi connectivity index (χ0n) is 18.0. The van der Waals surface area contributed by atoms with Gasteiger partial charge in [0.05, 0.1) is 19.3 Å². The first-order valence-electron chi connectivity index (χ1n) is 10.9. The van der Waals surface area contributed by atoms with Crippen LogP contribution in [0, 0.1) is 17.3 Å². The minimum absolute atomic E-state index is 0.164. The molecule has 0 aromatic rings. The van der Waals surface area contributed by atoms with Crippen LogP contribution in [-0.2, 0) is 9.47 Å². The highest BCUT2D eigenvalue weighted by Crippen LogP contribution is 2.52. The first-order chi connectivity index (χ1) is 13.0. The Morgan fingerprint density at radius 2 is 1.89 bits per heavy atom. The van der Waals surface area contributed by atoms with Crippen molar-refractivity contribution in [2.45, 2.75) is 65.1 Å². The minimum atomic E-state index is 0.164. The maximum atomic E-state index is 5.93. The normalized spacial score (nSPS) is 32.1. The fraction of sp³-hybridized carbons (Fsp3) is 0.952. The number of aliphatic imine (C=N–C) groups is 1. The van der Waals surface area contributed by atoms with E-state index in [-0.39, 0.29) is 5.41 Å². The SMILES string of the molecule is CCC(CC)C(CNC(=NC)NC1C2CCOC2C1(C)C)N1CCOCC1. The Morgan fingerprint density at radius 3 is 2.52 bits per heavy atom. The molecule has 1 aliphatic carbocycles. The fourth-order valence-electron chi connectivity index (χ4n) is 5.50. The lowest BCUT2D eigenvalue weighted by molar-refractivity contribution is -0.106. The maximum absolute atomic E-state index is 5.93. The van der Waals surface area contributed by atoms with Crippen molar-refractivity contribution in [1.29, 1.82) is 0 Å². The molecule has 0 amide bonds. The van der Waals surface area contributed by atoms with E-state index < -0.39 is 0 Å².